The van der Waals surface area contributed by atoms with E-state index < -0.39 is 6.04 Å². The van der Waals surface area contributed by atoms with Crippen molar-refractivity contribution >= 4 is 29.1 Å². The van der Waals surface area contributed by atoms with E-state index in [0.29, 0.717) is 22.7 Å². The highest BCUT2D eigenvalue weighted by Gasteiger charge is 2.33. The van der Waals surface area contributed by atoms with Crippen LogP contribution in [0.25, 0.3) is 11.4 Å². The topological polar surface area (TPSA) is 93.0 Å². The molecule has 1 N–H and O–H groups in total. The molecule has 1 fully saturated rings. The number of nitrogens with zero attached hydrogens (tertiary/aromatic N) is 5. The Morgan fingerprint density at radius 3 is 2.42 bits per heavy atom. The molecule has 1 aliphatic rings. The molecule has 8 nitrogen and oxygen atoms in total. The van der Waals surface area contributed by atoms with Crippen molar-refractivity contribution in [2.45, 2.75) is 64.6 Å². The van der Waals surface area contributed by atoms with Crippen LogP contribution in [0, 0.1) is 11.7 Å². The van der Waals surface area contributed by atoms with Crippen molar-refractivity contribution in [3.8, 4) is 11.4 Å². The van der Waals surface area contributed by atoms with E-state index in [2.05, 4.69) is 20.7 Å². The first kappa shape index (κ1) is 25.8. The summed E-state index contributed by atoms with van der Waals surface area (Å²) in [7, 11) is 0. The molecule has 36 heavy (non-hydrogen) atoms. The summed E-state index contributed by atoms with van der Waals surface area (Å²) >= 11 is 6.10. The van der Waals surface area contributed by atoms with Crippen molar-refractivity contribution in [2.75, 3.05) is 4.90 Å². The molecule has 2 aromatic carbocycles. The molecule has 1 heterocycles. The average molecular weight is 513 g/mol. The van der Waals surface area contributed by atoms with Crippen LogP contribution in [0.4, 0.5) is 10.1 Å². The number of amides is 2. The molecule has 1 aliphatic carbocycles. The second kappa shape index (κ2) is 11.6. The van der Waals surface area contributed by atoms with Crippen molar-refractivity contribution in [1.29, 1.82) is 0 Å². The number of carbonyl (C=O) groups is 2. The first-order valence-electron chi connectivity index (χ1n) is 12.2. The second-order valence-electron chi connectivity index (χ2n) is 9.53. The number of anilines is 1. The van der Waals surface area contributed by atoms with Crippen LogP contribution in [-0.4, -0.2) is 44.1 Å². The van der Waals surface area contributed by atoms with Crippen LogP contribution >= 0.6 is 11.6 Å². The molecule has 1 saturated carbocycles. The van der Waals surface area contributed by atoms with E-state index in [1.165, 1.54) is 21.8 Å². The highest BCUT2D eigenvalue weighted by molar-refractivity contribution is 6.30. The molecule has 1 unspecified atom stereocenters. The maximum atomic E-state index is 13.7. The lowest BCUT2D eigenvalue weighted by Gasteiger charge is -2.33. The number of carbonyl (C=O) groups excluding carboxylic acids is 2. The maximum absolute atomic E-state index is 13.7. The minimum Gasteiger partial charge on any atom is -0.352 e. The average Bonchev–Trinajstić information content (AvgIpc) is 3.52. The first-order valence-corrected chi connectivity index (χ1v) is 12.6. The fourth-order valence-corrected chi connectivity index (χ4v) is 4.59. The summed E-state index contributed by atoms with van der Waals surface area (Å²) < 4.78 is 13.3. The fourth-order valence-electron chi connectivity index (χ4n) is 4.47. The van der Waals surface area contributed by atoms with Crippen molar-refractivity contribution in [1.82, 2.24) is 25.5 Å². The van der Waals surface area contributed by atoms with Gasteiger partial charge in [-0.3, -0.25) is 14.5 Å². The lowest BCUT2D eigenvalue weighted by molar-refractivity contribution is -0.127. The van der Waals surface area contributed by atoms with Gasteiger partial charge in [0.25, 0.3) is 5.91 Å². The Kier molecular flexibility index (Phi) is 8.30. The van der Waals surface area contributed by atoms with Crippen LogP contribution < -0.4 is 10.2 Å². The Bertz CT molecular complexity index is 1180. The van der Waals surface area contributed by atoms with Crippen LogP contribution in [0.15, 0.2) is 48.5 Å². The fraction of sp³-hybridized carbons (Fsp3) is 0.423. The third-order valence-corrected chi connectivity index (χ3v) is 6.47. The molecule has 0 saturated heterocycles. The SMILES string of the molecule is CC(C)CC(C(=O)NC1CCCC1)N(C(=O)Cn1nnc(-c2ccc(F)cc2)n1)c1ccc(Cl)cc1. The minimum absolute atomic E-state index is 0.129. The summed E-state index contributed by atoms with van der Waals surface area (Å²) in [5, 5.41) is 16.0. The van der Waals surface area contributed by atoms with Crippen LogP contribution in [0.1, 0.15) is 46.0 Å². The predicted octanol–water partition coefficient (Wildman–Crippen LogP) is 4.64. The number of aromatic nitrogens is 4. The van der Waals surface area contributed by atoms with E-state index in [4.69, 9.17) is 11.6 Å². The van der Waals surface area contributed by atoms with Gasteiger partial charge in [-0.1, -0.05) is 38.3 Å². The largest absolute Gasteiger partial charge is 0.352 e. The van der Waals surface area contributed by atoms with Gasteiger partial charge in [0, 0.05) is 22.3 Å². The van der Waals surface area contributed by atoms with Crippen LogP contribution in [0.5, 0.6) is 0 Å². The quantitative estimate of drug-likeness (QED) is 0.451. The summed E-state index contributed by atoms with van der Waals surface area (Å²) in [6.07, 6.45) is 4.56. The van der Waals surface area contributed by atoms with E-state index >= 15 is 0 Å². The summed E-state index contributed by atoms with van der Waals surface area (Å²) in [5.41, 5.74) is 1.15. The van der Waals surface area contributed by atoms with Crippen LogP contribution in [0.2, 0.25) is 5.02 Å². The third-order valence-electron chi connectivity index (χ3n) is 6.22. The Morgan fingerprint density at radius 1 is 1.11 bits per heavy atom. The van der Waals surface area contributed by atoms with Gasteiger partial charge in [-0.05, 0) is 78.9 Å². The van der Waals surface area contributed by atoms with E-state index in [1.807, 2.05) is 13.8 Å². The number of nitrogens with one attached hydrogen (secondary N) is 1. The molecule has 0 radical (unpaired) electrons. The second-order valence-corrected chi connectivity index (χ2v) is 9.96. The van der Waals surface area contributed by atoms with Crippen LogP contribution in [-0.2, 0) is 16.1 Å². The smallest absolute Gasteiger partial charge is 0.251 e. The highest BCUT2D eigenvalue weighted by Crippen LogP contribution is 2.25. The molecule has 0 spiro atoms. The zero-order chi connectivity index (χ0) is 25.7. The van der Waals surface area contributed by atoms with Gasteiger partial charge in [0.15, 0.2) is 0 Å². The summed E-state index contributed by atoms with van der Waals surface area (Å²) in [6.45, 7) is 3.82. The third kappa shape index (κ3) is 6.46. The molecule has 1 aromatic heterocycles. The molecule has 190 valence electrons. The van der Waals surface area contributed by atoms with E-state index in [-0.39, 0.29) is 42.0 Å². The number of halogens is 2. The summed E-state index contributed by atoms with van der Waals surface area (Å²) in [6, 6.07) is 12.0. The van der Waals surface area contributed by atoms with Crippen molar-refractivity contribution in [3.63, 3.8) is 0 Å². The van der Waals surface area contributed by atoms with Gasteiger partial charge in [-0.2, -0.15) is 4.80 Å². The zero-order valence-electron chi connectivity index (χ0n) is 20.4. The van der Waals surface area contributed by atoms with Crippen LogP contribution in [0.3, 0.4) is 0 Å². The molecule has 2 amide bonds. The molecule has 10 heteroatoms. The molecule has 1 atom stereocenters. The molecule has 4 rings (SSSR count). The Balaban J connectivity index is 1.61. The van der Waals surface area contributed by atoms with Gasteiger partial charge in [0.05, 0.1) is 0 Å². The highest BCUT2D eigenvalue weighted by atomic mass is 35.5. The molecular weight excluding hydrogens is 483 g/mol. The Hall–Kier alpha value is -3.33. The predicted molar refractivity (Wildman–Crippen MR) is 136 cm³/mol. The molecular formula is C26H30ClFN6O2. The van der Waals surface area contributed by atoms with Gasteiger partial charge >= 0.3 is 0 Å². The Labute approximate surface area is 214 Å². The van der Waals surface area contributed by atoms with E-state index in [9.17, 15) is 14.0 Å². The summed E-state index contributed by atoms with van der Waals surface area (Å²) in [5.74, 6) is -0.447. The lowest BCUT2D eigenvalue weighted by atomic mass is 10.00. The number of hydrogen-bond donors (Lipinski definition) is 1. The van der Waals surface area contributed by atoms with Gasteiger partial charge in [-0.15, -0.1) is 10.2 Å². The first-order chi connectivity index (χ1) is 17.3. The standard InChI is InChI=1S/C26H30ClFN6O2/c1-17(2)15-23(26(36)29-21-5-3-4-6-21)34(22-13-9-19(27)10-14-22)24(35)16-33-31-25(30-32-33)18-7-11-20(28)12-8-18/h7-14,17,21,23H,3-6,15-16H2,1-2H3,(H,29,36). The van der Waals surface area contributed by atoms with Gasteiger partial charge in [-0.25, -0.2) is 4.39 Å². The molecule has 3 aromatic rings. The minimum atomic E-state index is -0.709. The van der Waals surface area contributed by atoms with Crippen molar-refractivity contribution in [2.24, 2.45) is 5.92 Å². The van der Waals surface area contributed by atoms with Crippen molar-refractivity contribution < 1.29 is 14.0 Å². The van der Waals surface area contributed by atoms with Gasteiger partial charge < -0.3 is 5.32 Å². The van der Waals surface area contributed by atoms with Gasteiger partial charge in [0.1, 0.15) is 18.4 Å². The zero-order valence-corrected chi connectivity index (χ0v) is 21.2. The van der Waals surface area contributed by atoms with Crippen molar-refractivity contribution in [3.05, 3.63) is 59.4 Å². The van der Waals surface area contributed by atoms with Gasteiger partial charge in [0.2, 0.25) is 11.7 Å². The van der Waals surface area contributed by atoms with E-state index in [1.54, 1.807) is 36.4 Å². The maximum Gasteiger partial charge on any atom is 0.251 e. The molecule has 0 aliphatic heterocycles. The number of rotatable bonds is 9. The number of tetrazole rings is 1. The summed E-state index contributed by atoms with van der Waals surface area (Å²) in [4.78, 5) is 29.9. The Morgan fingerprint density at radius 2 is 1.78 bits per heavy atom. The van der Waals surface area contributed by atoms with E-state index in [0.717, 1.165) is 25.7 Å². The monoisotopic (exact) mass is 512 g/mol. The number of benzene rings is 2. The lowest BCUT2D eigenvalue weighted by Crippen LogP contribution is -2.53. The molecule has 0 bridgehead atoms. The normalized spacial score (nSPS) is 14.7. The number of hydrogen-bond acceptors (Lipinski definition) is 5.